The fraction of sp³-hybridized carbons (Fsp3) is 1.00. The van der Waals surface area contributed by atoms with Crippen LogP contribution in [0.4, 0.5) is 0 Å². The van der Waals surface area contributed by atoms with E-state index in [1.807, 2.05) is 0 Å². The molecule has 1 aliphatic rings. The van der Waals surface area contributed by atoms with Crippen molar-refractivity contribution in [3.05, 3.63) is 0 Å². The van der Waals surface area contributed by atoms with Crippen LogP contribution in [0.2, 0.25) is 0 Å². The summed E-state index contributed by atoms with van der Waals surface area (Å²) < 4.78 is 5.33. The SMILES string of the molecule is CC(O)(CO)CNCC(O)COCC1CC1. The summed E-state index contributed by atoms with van der Waals surface area (Å²) in [6.07, 6.45) is 1.93. The summed E-state index contributed by atoms with van der Waals surface area (Å²) in [7, 11) is 0. The Morgan fingerprint density at radius 3 is 2.75 bits per heavy atom. The lowest BCUT2D eigenvalue weighted by Crippen LogP contribution is -2.43. The topological polar surface area (TPSA) is 82.0 Å². The lowest BCUT2D eigenvalue weighted by Gasteiger charge is -2.21. The monoisotopic (exact) mass is 233 g/mol. The first-order chi connectivity index (χ1) is 7.53. The van der Waals surface area contributed by atoms with Gasteiger partial charge in [-0.3, -0.25) is 0 Å². The van der Waals surface area contributed by atoms with Gasteiger partial charge in [0.25, 0.3) is 0 Å². The van der Waals surface area contributed by atoms with E-state index in [0.717, 1.165) is 6.61 Å². The van der Waals surface area contributed by atoms with Gasteiger partial charge in [-0.05, 0) is 25.7 Å². The summed E-state index contributed by atoms with van der Waals surface area (Å²) in [5.41, 5.74) is -1.13. The molecule has 1 aliphatic carbocycles. The molecule has 1 rings (SSSR count). The number of rotatable bonds is 9. The average Bonchev–Trinajstić information content (AvgIpc) is 3.01. The van der Waals surface area contributed by atoms with Crippen LogP contribution in [0.3, 0.4) is 0 Å². The second-order valence-corrected chi connectivity index (χ2v) is 4.92. The van der Waals surface area contributed by atoms with Crippen LogP contribution in [-0.2, 0) is 4.74 Å². The van der Waals surface area contributed by atoms with Gasteiger partial charge in [-0.25, -0.2) is 0 Å². The maximum atomic E-state index is 9.52. The third-order valence-electron chi connectivity index (χ3n) is 2.59. The highest BCUT2D eigenvalue weighted by Gasteiger charge is 2.22. The van der Waals surface area contributed by atoms with Crippen molar-refractivity contribution in [3.63, 3.8) is 0 Å². The minimum atomic E-state index is -1.13. The van der Waals surface area contributed by atoms with Crippen LogP contribution < -0.4 is 5.32 Å². The first-order valence-electron chi connectivity index (χ1n) is 5.83. The quantitative estimate of drug-likeness (QED) is 0.415. The van der Waals surface area contributed by atoms with Gasteiger partial charge in [0.05, 0.1) is 24.9 Å². The molecule has 0 aromatic heterocycles. The largest absolute Gasteiger partial charge is 0.393 e. The first-order valence-corrected chi connectivity index (χ1v) is 5.83. The molecule has 16 heavy (non-hydrogen) atoms. The summed E-state index contributed by atoms with van der Waals surface area (Å²) in [6, 6.07) is 0. The Kier molecular flexibility index (Phi) is 5.64. The second-order valence-electron chi connectivity index (χ2n) is 4.92. The van der Waals surface area contributed by atoms with Crippen molar-refractivity contribution in [2.24, 2.45) is 5.92 Å². The molecule has 2 unspecified atom stereocenters. The number of nitrogens with one attached hydrogen (secondary N) is 1. The molecule has 0 radical (unpaired) electrons. The molecule has 0 aromatic carbocycles. The van der Waals surface area contributed by atoms with Crippen molar-refractivity contribution in [3.8, 4) is 0 Å². The van der Waals surface area contributed by atoms with E-state index in [9.17, 15) is 10.2 Å². The Labute approximate surface area is 96.4 Å². The van der Waals surface area contributed by atoms with Gasteiger partial charge in [0.1, 0.15) is 0 Å². The van der Waals surface area contributed by atoms with Crippen molar-refractivity contribution >= 4 is 0 Å². The molecule has 0 bridgehead atoms. The zero-order chi connectivity index (χ0) is 12.0. The van der Waals surface area contributed by atoms with Crippen LogP contribution in [0.5, 0.6) is 0 Å². The van der Waals surface area contributed by atoms with Gasteiger partial charge in [0.2, 0.25) is 0 Å². The zero-order valence-corrected chi connectivity index (χ0v) is 9.85. The fourth-order valence-corrected chi connectivity index (χ4v) is 1.28. The Morgan fingerprint density at radius 1 is 1.50 bits per heavy atom. The van der Waals surface area contributed by atoms with Gasteiger partial charge in [0.15, 0.2) is 0 Å². The summed E-state index contributed by atoms with van der Waals surface area (Å²) >= 11 is 0. The molecule has 1 saturated carbocycles. The third-order valence-corrected chi connectivity index (χ3v) is 2.59. The van der Waals surface area contributed by atoms with E-state index in [1.165, 1.54) is 19.8 Å². The van der Waals surface area contributed by atoms with Crippen LogP contribution in [0.1, 0.15) is 19.8 Å². The Morgan fingerprint density at radius 2 is 2.19 bits per heavy atom. The smallest absolute Gasteiger partial charge is 0.0972 e. The molecule has 0 heterocycles. The van der Waals surface area contributed by atoms with E-state index in [1.54, 1.807) is 0 Å². The van der Waals surface area contributed by atoms with Gasteiger partial charge >= 0.3 is 0 Å². The fourth-order valence-electron chi connectivity index (χ4n) is 1.28. The molecule has 5 heteroatoms. The lowest BCUT2D eigenvalue weighted by atomic mass is 10.1. The molecule has 4 N–H and O–H groups in total. The molecular weight excluding hydrogens is 210 g/mol. The van der Waals surface area contributed by atoms with E-state index in [-0.39, 0.29) is 13.2 Å². The summed E-state index contributed by atoms with van der Waals surface area (Å²) in [5, 5.41) is 30.7. The minimum absolute atomic E-state index is 0.253. The van der Waals surface area contributed by atoms with E-state index < -0.39 is 11.7 Å². The van der Waals surface area contributed by atoms with E-state index in [2.05, 4.69) is 5.32 Å². The van der Waals surface area contributed by atoms with E-state index in [0.29, 0.717) is 19.1 Å². The van der Waals surface area contributed by atoms with E-state index >= 15 is 0 Å². The minimum Gasteiger partial charge on any atom is -0.393 e. The van der Waals surface area contributed by atoms with Crippen molar-refractivity contribution in [1.82, 2.24) is 5.32 Å². The highest BCUT2D eigenvalue weighted by atomic mass is 16.5. The van der Waals surface area contributed by atoms with Crippen LogP contribution in [0.15, 0.2) is 0 Å². The number of hydrogen-bond acceptors (Lipinski definition) is 5. The highest BCUT2D eigenvalue weighted by molar-refractivity contribution is 4.75. The molecule has 0 aromatic rings. The Hall–Kier alpha value is -0.200. The molecule has 5 nitrogen and oxygen atoms in total. The van der Waals surface area contributed by atoms with Crippen LogP contribution >= 0.6 is 0 Å². The summed E-state index contributed by atoms with van der Waals surface area (Å²) in [5.74, 6) is 0.704. The number of aliphatic hydroxyl groups is 3. The maximum absolute atomic E-state index is 9.52. The summed E-state index contributed by atoms with van der Waals surface area (Å²) in [4.78, 5) is 0. The maximum Gasteiger partial charge on any atom is 0.0972 e. The molecule has 96 valence electrons. The number of ether oxygens (including phenoxy) is 1. The standard InChI is InChI=1S/C11H23NO4/c1-11(15,8-13)7-12-4-10(14)6-16-5-9-2-3-9/h9-10,12-15H,2-8H2,1H3. The third kappa shape index (κ3) is 6.40. The second kappa shape index (κ2) is 6.51. The van der Waals surface area contributed by atoms with Gasteiger partial charge in [-0.15, -0.1) is 0 Å². The van der Waals surface area contributed by atoms with Crippen LogP contribution in [-0.4, -0.2) is 59.9 Å². The highest BCUT2D eigenvalue weighted by Crippen LogP contribution is 2.28. The zero-order valence-electron chi connectivity index (χ0n) is 9.85. The molecule has 2 atom stereocenters. The first kappa shape index (κ1) is 13.9. The lowest BCUT2D eigenvalue weighted by molar-refractivity contribution is -0.00429. The molecule has 0 spiro atoms. The number of aliphatic hydroxyl groups excluding tert-OH is 2. The van der Waals surface area contributed by atoms with Crippen molar-refractivity contribution < 1.29 is 20.1 Å². The predicted molar refractivity (Wildman–Crippen MR) is 60.1 cm³/mol. The van der Waals surface area contributed by atoms with Gasteiger partial charge in [-0.1, -0.05) is 0 Å². The van der Waals surface area contributed by atoms with Crippen molar-refractivity contribution in [2.45, 2.75) is 31.5 Å². The molecule has 0 amide bonds. The molecule has 0 aliphatic heterocycles. The van der Waals surface area contributed by atoms with Crippen LogP contribution in [0, 0.1) is 5.92 Å². The van der Waals surface area contributed by atoms with Gasteiger partial charge in [0, 0.05) is 19.7 Å². The Balaban J connectivity index is 1.94. The predicted octanol–water partition coefficient (Wildman–Crippen LogP) is -0.893. The van der Waals surface area contributed by atoms with E-state index in [4.69, 9.17) is 9.84 Å². The summed E-state index contributed by atoms with van der Waals surface area (Å²) in [6.45, 7) is 2.92. The Bertz CT molecular complexity index is 194. The normalized spacial score (nSPS) is 21.8. The van der Waals surface area contributed by atoms with Crippen molar-refractivity contribution in [2.75, 3.05) is 32.9 Å². The average molecular weight is 233 g/mol. The van der Waals surface area contributed by atoms with Crippen LogP contribution in [0.25, 0.3) is 0 Å². The number of hydrogen-bond donors (Lipinski definition) is 4. The van der Waals surface area contributed by atoms with Gasteiger partial charge < -0.3 is 25.4 Å². The molecule has 1 fully saturated rings. The molecule has 0 saturated heterocycles. The van der Waals surface area contributed by atoms with Gasteiger partial charge in [-0.2, -0.15) is 0 Å². The molecular formula is C11H23NO4. The van der Waals surface area contributed by atoms with Crippen molar-refractivity contribution in [1.29, 1.82) is 0 Å².